The van der Waals surface area contributed by atoms with Crippen molar-refractivity contribution >= 4 is 33.6 Å². The molecule has 14 heavy (non-hydrogen) atoms. The minimum absolute atomic E-state index is 0.107. The summed E-state index contributed by atoms with van der Waals surface area (Å²) < 4.78 is 5.28. The van der Waals surface area contributed by atoms with Crippen LogP contribution in [-0.2, 0) is 0 Å². The zero-order valence-electron chi connectivity index (χ0n) is 6.82. The average Bonchev–Trinajstić information content (AvgIpc) is 2.14. The molecule has 0 unspecified atom stereocenters. The van der Waals surface area contributed by atoms with Crippen LogP contribution in [0.5, 0.6) is 11.5 Å². The van der Waals surface area contributed by atoms with Crippen molar-refractivity contribution in [3.05, 3.63) is 32.2 Å². The van der Waals surface area contributed by atoms with E-state index in [2.05, 4.69) is 0 Å². The van der Waals surface area contributed by atoms with Crippen LogP contribution in [0.1, 0.15) is 0 Å². The molecule has 0 aliphatic heterocycles. The van der Waals surface area contributed by atoms with E-state index in [-0.39, 0.29) is 17.1 Å². The van der Waals surface area contributed by atoms with Crippen LogP contribution in [0.2, 0.25) is 0 Å². The maximum Gasteiger partial charge on any atom is 0.336 e. The van der Waals surface area contributed by atoms with Gasteiger partial charge >= 0.3 is 5.63 Å². The highest BCUT2D eigenvalue weighted by Gasteiger charge is 2.11. The van der Waals surface area contributed by atoms with Crippen LogP contribution in [0.25, 0.3) is 11.0 Å². The van der Waals surface area contributed by atoms with Gasteiger partial charge < -0.3 is 14.6 Å². The number of phenols is 2. The highest BCUT2D eigenvalue weighted by atomic mass is 127. The van der Waals surface area contributed by atoms with Gasteiger partial charge in [0.15, 0.2) is 5.58 Å². The first-order valence-electron chi connectivity index (χ1n) is 3.74. The fraction of sp³-hybridized carbons (Fsp3) is 0. The molecule has 0 bridgehead atoms. The first-order valence-corrected chi connectivity index (χ1v) is 4.82. The third-order valence-corrected chi connectivity index (χ3v) is 2.85. The molecule has 4 nitrogen and oxygen atoms in total. The van der Waals surface area contributed by atoms with E-state index in [4.69, 9.17) is 4.42 Å². The molecule has 0 amide bonds. The van der Waals surface area contributed by atoms with Crippen LogP contribution < -0.4 is 5.63 Å². The van der Waals surface area contributed by atoms with E-state index in [1.807, 2.05) is 22.6 Å². The van der Waals surface area contributed by atoms with Crippen molar-refractivity contribution < 1.29 is 14.6 Å². The lowest BCUT2D eigenvalue weighted by atomic mass is 10.2. The third kappa shape index (κ3) is 1.33. The summed E-state index contributed by atoms with van der Waals surface area (Å²) in [5.74, 6) is -0.216. The van der Waals surface area contributed by atoms with E-state index < -0.39 is 5.63 Å². The Morgan fingerprint density at radius 1 is 1.21 bits per heavy atom. The van der Waals surface area contributed by atoms with Crippen molar-refractivity contribution in [1.82, 2.24) is 0 Å². The Morgan fingerprint density at radius 2 is 1.93 bits per heavy atom. The molecule has 0 saturated carbocycles. The molecular weight excluding hydrogens is 299 g/mol. The predicted molar refractivity (Wildman–Crippen MR) is 58.5 cm³/mol. The normalized spacial score (nSPS) is 10.6. The number of fused-ring (bicyclic) bond motifs is 1. The standard InChI is InChI=1S/C9H5IO4/c10-8-6(12)3-5(11)4-1-2-7(13)14-9(4)8/h1-3,11-12H. The lowest BCUT2D eigenvalue weighted by Gasteiger charge is -2.03. The summed E-state index contributed by atoms with van der Waals surface area (Å²) >= 11 is 1.84. The predicted octanol–water partition coefficient (Wildman–Crippen LogP) is 1.81. The first-order chi connectivity index (χ1) is 6.59. The van der Waals surface area contributed by atoms with Crippen molar-refractivity contribution in [1.29, 1.82) is 0 Å². The van der Waals surface area contributed by atoms with Gasteiger partial charge in [-0.2, -0.15) is 0 Å². The van der Waals surface area contributed by atoms with E-state index in [0.29, 0.717) is 8.96 Å². The van der Waals surface area contributed by atoms with Gasteiger partial charge in [-0.05, 0) is 28.7 Å². The van der Waals surface area contributed by atoms with E-state index in [0.717, 1.165) is 0 Å². The van der Waals surface area contributed by atoms with Crippen molar-refractivity contribution in [2.75, 3.05) is 0 Å². The second kappa shape index (κ2) is 3.16. The molecule has 0 fully saturated rings. The summed E-state index contributed by atoms with van der Waals surface area (Å²) in [6.07, 6.45) is 0. The molecule has 2 aromatic rings. The zero-order chi connectivity index (χ0) is 10.3. The number of aromatic hydroxyl groups is 2. The number of rotatable bonds is 0. The Bertz CT molecular complexity index is 558. The van der Waals surface area contributed by atoms with E-state index in [1.54, 1.807) is 0 Å². The Hall–Kier alpha value is -1.24. The lowest BCUT2D eigenvalue weighted by Crippen LogP contribution is -1.95. The molecule has 2 N–H and O–H groups in total. The van der Waals surface area contributed by atoms with Gasteiger partial charge in [-0.1, -0.05) is 0 Å². The van der Waals surface area contributed by atoms with Crippen LogP contribution in [0.15, 0.2) is 27.4 Å². The quantitative estimate of drug-likeness (QED) is 0.575. The Morgan fingerprint density at radius 3 is 2.64 bits per heavy atom. The minimum atomic E-state index is -0.514. The van der Waals surface area contributed by atoms with Crippen LogP contribution in [0.4, 0.5) is 0 Å². The maximum absolute atomic E-state index is 10.9. The third-order valence-electron chi connectivity index (χ3n) is 1.81. The van der Waals surface area contributed by atoms with Gasteiger partial charge in [-0.3, -0.25) is 0 Å². The number of hydrogen-bond donors (Lipinski definition) is 2. The van der Waals surface area contributed by atoms with Crippen molar-refractivity contribution in [3.8, 4) is 11.5 Å². The summed E-state index contributed by atoms with van der Waals surface area (Å²) in [4.78, 5) is 10.9. The molecule has 0 atom stereocenters. The van der Waals surface area contributed by atoms with Crippen LogP contribution >= 0.6 is 22.6 Å². The van der Waals surface area contributed by atoms with Gasteiger partial charge in [-0.15, -0.1) is 0 Å². The van der Waals surface area contributed by atoms with E-state index in [9.17, 15) is 15.0 Å². The minimum Gasteiger partial charge on any atom is -0.507 e. The SMILES string of the molecule is O=c1ccc2c(O)cc(O)c(I)c2o1. The number of phenolic OH excluding ortho intramolecular Hbond substituents is 2. The molecule has 5 heteroatoms. The fourth-order valence-electron chi connectivity index (χ4n) is 1.17. The highest BCUT2D eigenvalue weighted by molar-refractivity contribution is 14.1. The summed E-state index contributed by atoms with van der Waals surface area (Å²) in [5, 5.41) is 19.2. The Kier molecular flexibility index (Phi) is 2.10. The van der Waals surface area contributed by atoms with Crippen molar-refractivity contribution in [3.63, 3.8) is 0 Å². The molecular formula is C9H5IO4. The van der Waals surface area contributed by atoms with Crippen molar-refractivity contribution in [2.24, 2.45) is 0 Å². The van der Waals surface area contributed by atoms with Gasteiger partial charge in [0.2, 0.25) is 0 Å². The molecule has 2 rings (SSSR count). The van der Waals surface area contributed by atoms with Crippen LogP contribution in [0.3, 0.4) is 0 Å². The van der Waals surface area contributed by atoms with Gasteiger partial charge in [0.25, 0.3) is 0 Å². The summed E-state index contributed by atoms with van der Waals surface area (Å²) in [6.45, 7) is 0. The van der Waals surface area contributed by atoms with Crippen molar-refractivity contribution in [2.45, 2.75) is 0 Å². The Labute approximate surface area is 91.9 Å². The van der Waals surface area contributed by atoms with Gasteiger partial charge in [0.1, 0.15) is 11.5 Å². The summed E-state index contributed by atoms with van der Waals surface area (Å²) in [7, 11) is 0. The molecule has 1 aromatic heterocycles. The molecule has 72 valence electrons. The molecule has 1 heterocycles. The summed E-state index contributed by atoms with van der Waals surface area (Å²) in [5.41, 5.74) is -0.309. The van der Waals surface area contributed by atoms with Crippen LogP contribution in [0, 0.1) is 3.57 Å². The van der Waals surface area contributed by atoms with Gasteiger partial charge in [0.05, 0.1) is 8.96 Å². The van der Waals surface area contributed by atoms with Crippen LogP contribution in [-0.4, -0.2) is 10.2 Å². The Balaban J connectivity index is 3.02. The monoisotopic (exact) mass is 304 g/mol. The smallest absolute Gasteiger partial charge is 0.336 e. The summed E-state index contributed by atoms with van der Waals surface area (Å²) in [6, 6.07) is 3.89. The number of halogens is 1. The largest absolute Gasteiger partial charge is 0.507 e. The molecule has 0 saturated heterocycles. The molecule has 0 spiro atoms. The average molecular weight is 304 g/mol. The highest BCUT2D eigenvalue weighted by Crippen LogP contribution is 2.34. The number of benzene rings is 1. The maximum atomic E-state index is 10.9. The molecule has 0 aliphatic rings. The first kappa shape index (κ1) is 9.32. The second-order valence-electron chi connectivity index (χ2n) is 2.73. The van der Waals surface area contributed by atoms with Gasteiger partial charge in [0, 0.05) is 12.1 Å². The fourth-order valence-corrected chi connectivity index (χ4v) is 1.72. The molecule has 1 aromatic carbocycles. The van der Waals surface area contributed by atoms with Gasteiger partial charge in [-0.25, -0.2) is 4.79 Å². The molecule has 0 aliphatic carbocycles. The van der Waals surface area contributed by atoms with E-state index >= 15 is 0 Å². The lowest BCUT2D eigenvalue weighted by molar-refractivity contribution is 0.448. The second-order valence-corrected chi connectivity index (χ2v) is 3.80. The zero-order valence-corrected chi connectivity index (χ0v) is 8.98. The topological polar surface area (TPSA) is 70.7 Å². The number of hydrogen-bond acceptors (Lipinski definition) is 4. The molecule has 0 radical (unpaired) electrons. The van der Waals surface area contributed by atoms with E-state index in [1.165, 1.54) is 18.2 Å².